The Labute approximate surface area is 140 Å². The highest BCUT2D eigenvalue weighted by atomic mass is 79.9. The van der Waals surface area contributed by atoms with Gasteiger partial charge in [-0.25, -0.2) is 4.98 Å². The maximum atomic E-state index is 4.06. The van der Waals surface area contributed by atoms with Crippen molar-refractivity contribution in [2.24, 2.45) is 0 Å². The molecule has 0 unspecified atom stereocenters. The largest absolute Gasteiger partial charge is 0.379 e. The van der Waals surface area contributed by atoms with Crippen LogP contribution < -0.4 is 5.32 Å². The van der Waals surface area contributed by atoms with Gasteiger partial charge in [0.1, 0.15) is 0 Å². The molecule has 0 saturated carbocycles. The molecule has 0 fully saturated rings. The molecule has 0 spiro atoms. The molecule has 0 aliphatic heterocycles. The van der Waals surface area contributed by atoms with E-state index < -0.39 is 0 Å². The van der Waals surface area contributed by atoms with E-state index in [1.54, 1.807) is 12.5 Å². The molecule has 0 saturated heterocycles. The molecule has 21 heavy (non-hydrogen) atoms. The van der Waals surface area contributed by atoms with Gasteiger partial charge < -0.3 is 9.88 Å². The summed E-state index contributed by atoms with van der Waals surface area (Å²) in [4.78, 5) is 4.06. The predicted molar refractivity (Wildman–Crippen MR) is 92.7 cm³/mol. The van der Waals surface area contributed by atoms with Gasteiger partial charge in [-0.15, -0.1) is 0 Å². The van der Waals surface area contributed by atoms with E-state index in [0.717, 1.165) is 26.9 Å². The molecular formula is C16H13Br2N3. The predicted octanol–water partition coefficient (Wildman–Crippen LogP) is 5.01. The van der Waals surface area contributed by atoms with Crippen LogP contribution in [-0.4, -0.2) is 9.55 Å². The van der Waals surface area contributed by atoms with Crippen LogP contribution in [0.4, 0.5) is 5.69 Å². The van der Waals surface area contributed by atoms with Crippen LogP contribution in [0.2, 0.25) is 0 Å². The molecule has 0 radical (unpaired) electrons. The maximum Gasteiger partial charge on any atom is 0.0991 e. The lowest BCUT2D eigenvalue weighted by Crippen LogP contribution is -2.01. The minimum absolute atomic E-state index is 0.769. The Morgan fingerprint density at radius 3 is 2.33 bits per heavy atom. The van der Waals surface area contributed by atoms with Crippen molar-refractivity contribution in [3.63, 3.8) is 0 Å². The number of imidazole rings is 1. The van der Waals surface area contributed by atoms with E-state index in [0.29, 0.717) is 0 Å². The van der Waals surface area contributed by atoms with Crippen molar-refractivity contribution >= 4 is 37.5 Å². The lowest BCUT2D eigenvalue weighted by Gasteiger charge is -2.11. The van der Waals surface area contributed by atoms with Gasteiger partial charge >= 0.3 is 0 Å². The Morgan fingerprint density at radius 2 is 1.71 bits per heavy atom. The Kier molecular flexibility index (Phi) is 4.41. The van der Waals surface area contributed by atoms with Crippen LogP contribution in [0.25, 0.3) is 5.69 Å². The van der Waals surface area contributed by atoms with Crippen molar-refractivity contribution in [1.82, 2.24) is 9.55 Å². The van der Waals surface area contributed by atoms with Crippen LogP contribution in [0.5, 0.6) is 0 Å². The minimum Gasteiger partial charge on any atom is -0.379 e. The molecule has 1 N–H and O–H groups in total. The van der Waals surface area contributed by atoms with E-state index in [9.17, 15) is 0 Å². The van der Waals surface area contributed by atoms with Gasteiger partial charge in [-0.2, -0.15) is 0 Å². The van der Waals surface area contributed by atoms with Gasteiger partial charge in [-0.1, -0.05) is 18.2 Å². The molecule has 0 bridgehead atoms. The number of nitrogens with one attached hydrogen (secondary N) is 1. The van der Waals surface area contributed by atoms with Crippen molar-refractivity contribution in [2.45, 2.75) is 6.54 Å². The molecule has 1 aromatic heterocycles. The van der Waals surface area contributed by atoms with Crippen LogP contribution in [0.15, 0.2) is 70.1 Å². The molecule has 0 aliphatic carbocycles. The number of para-hydroxylation sites is 1. The first kappa shape index (κ1) is 14.4. The SMILES string of the molecule is Brc1cccc(Br)c1NCc1ccc(-n2ccnc2)cc1. The molecule has 2 aromatic carbocycles. The Bertz CT molecular complexity index is 702. The van der Waals surface area contributed by atoms with E-state index in [4.69, 9.17) is 0 Å². The summed E-state index contributed by atoms with van der Waals surface area (Å²) in [5, 5.41) is 3.44. The van der Waals surface area contributed by atoms with E-state index in [2.05, 4.69) is 66.4 Å². The quantitative estimate of drug-likeness (QED) is 0.659. The Balaban J connectivity index is 1.71. The zero-order chi connectivity index (χ0) is 14.7. The lowest BCUT2D eigenvalue weighted by molar-refractivity contribution is 1.05. The first-order valence-corrected chi connectivity index (χ1v) is 8.08. The summed E-state index contributed by atoms with van der Waals surface area (Å²) < 4.78 is 4.08. The normalized spacial score (nSPS) is 10.6. The van der Waals surface area contributed by atoms with Gasteiger partial charge in [0.05, 0.1) is 12.0 Å². The van der Waals surface area contributed by atoms with E-state index in [-0.39, 0.29) is 0 Å². The van der Waals surface area contributed by atoms with E-state index >= 15 is 0 Å². The first-order valence-electron chi connectivity index (χ1n) is 6.49. The van der Waals surface area contributed by atoms with Gasteiger partial charge in [0.15, 0.2) is 0 Å². The highest BCUT2D eigenvalue weighted by molar-refractivity contribution is 9.11. The average Bonchev–Trinajstić information content (AvgIpc) is 3.02. The number of rotatable bonds is 4. The maximum absolute atomic E-state index is 4.06. The lowest BCUT2D eigenvalue weighted by atomic mass is 10.2. The van der Waals surface area contributed by atoms with Gasteiger partial charge in [0, 0.05) is 33.6 Å². The number of nitrogens with zero attached hydrogens (tertiary/aromatic N) is 2. The third-order valence-corrected chi connectivity index (χ3v) is 4.49. The molecule has 106 valence electrons. The molecule has 0 aliphatic rings. The second-order valence-corrected chi connectivity index (χ2v) is 6.30. The first-order chi connectivity index (χ1) is 10.2. The third-order valence-electron chi connectivity index (χ3n) is 3.17. The molecule has 3 rings (SSSR count). The fourth-order valence-electron chi connectivity index (χ4n) is 2.05. The molecule has 0 atom stereocenters. The Morgan fingerprint density at radius 1 is 1.00 bits per heavy atom. The monoisotopic (exact) mass is 405 g/mol. The number of aromatic nitrogens is 2. The molecule has 1 heterocycles. The standard InChI is InChI=1S/C16H13Br2N3/c17-14-2-1-3-15(18)16(14)20-10-12-4-6-13(7-5-12)21-9-8-19-11-21/h1-9,11,20H,10H2. The van der Waals surface area contributed by atoms with Gasteiger partial charge in [-0.3, -0.25) is 0 Å². The summed E-state index contributed by atoms with van der Waals surface area (Å²) in [7, 11) is 0. The van der Waals surface area contributed by atoms with Crippen LogP contribution in [0, 0.1) is 0 Å². The van der Waals surface area contributed by atoms with Gasteiger partial charge in [-0.05, 0) is 61.7 Å². The van der Waals surface area contributed by atoms with Gasteiger partial charge in [0.2, 0.25) is 0 Å². The highest BCUT2D eigenvalue weighted by Crippen LogP contribution is 2.30. The summed E-state index contributed by atoms with van der Waals surface area (Å²) >= 11 is 7.11. The average molecular weight is 407 g/mol. The zero-order valence-corrected chi connectivity index (χ0v) is 14.3. The fraction of sp³-hybridized carbons (Fsp3) is 0.0625. The van der Waals surface area contributed by atoms with Gasteiger partial charge in [0.25, 0.3) is 0 Å². The zero-order valence-electron chi connectivity index (χ0n) is 11.1. The van der Waals surface area contributed by atoms with E-state index in [1.165, 1.54) is 5.56 Å². The number of anilines is 1. The summed E-state index contributed by atoms with van der Waals surface area (Å²) in [6, 6.07) is 14.5. The summed E-state index contributed by atoms with van der Waals surface area (Å²) in [5.74, 6) is 0. The van der Waals surface area contributed by atoms with Crippen molar-refractivity contribution in [1.29, 1.82) is 0 Å². The van der Waals surface area contributed by atoms with Crippen LogP contribution >= 0.6 is 31.9 Å². The number of hydrogen-bond acceptors (Lipinski definition) is 2. The summed E-state index contributed by atoms with van der Waals surface area (Å²) in [6.45, 7) is 0.769. The second-order valence-electron chi connectivity index (χ2n) is 4.59. The molecular weight excluding hydrogens is 394 g/mol. The van der Waals surface area contributed by atoms with Crippen molar-refractivity contribution in [2.75, 3.05) is 5.32 Å². The second kappa shape index (κ2) is 6.45. The van der Waals surface area contributed by atoms with Crippen molar-refractivity contribution in [3.8, 4) is 5.69 Å². The molecule has 0 amide bonds. The van der Waals surface area contributed by atoms with Crippen molar-refractivity contribution in [3.05, 3.63) is 75.7 Å². The van der Waals surface area contributed by atoms with Crippen molar-refractivity contribution < 1.29 is 0 Å². The summed E-state index contributed by atoms with van der Waals surface area (Å²) in [5.41, 5.74) is 3.40. The topological polar surface area (TPSA) is 29.9 Å². The van der Waals surface area contributed by atoms with Crippen LogP contribution in [0.3, 0.4) is 0 Å². The molecule has 3 aromatic rings. The highest BCUT2D eigenvalue weighted by Gasteiger charge is 2.04. The fourth-order valence-corrected chi connectivity index (χ4v) is 3.33. The third kappa shape index (κ3) is 3.36. The van der Waals surface area contributed by atoms with Crippen LogP contribution in [-0.2, 0) is 6.54 Å². The number of halogens is 2. The molecule has 5 heteroatoms. The summed E-state index contributed by atoms with van der Waals surface area (Å²) in [6.07, 6.45) is 5.51. The number of hydrogen-bond donors (Lipinski definition) is 1. The smallest absolute Gasteiger partial charge is 0.0991 e. The van der Waals surface area contributed by atoms with Crippen LogP contribution in [0.1, 0.15) is 5.56 Å². The Hall–Kier alpha value is -1.59. The number of benzene rings is 2. The van der Waals surface area contributed by atoms with E-state index in [1.807, 2.05) is 29.0 Å². The molecule has 3 nitrogen and oxygen atoms in total. The minimum atomic E-state index is 0.769.